The molecule has 0 aliphatic carbocycles. The molecule has 0 spiro atoms. The average molecular weight is 372 g/mol. The van der Waals surface area contributed by atoms with Crippen LogP contribution < -0.4 is 10.2 Å². The zero-order valence-corrected chi connectivity index (χ0v) is 16.3. The SMILES string of the molecule is CSC(C)c1ccc(C(=O)NCCCCCCOP(C)(=O)[O-])cc1. The third-order valence-electron chi connectivity index (χ3n) is 3.68. The van der Waals surface area contributed by atoms with E-state index in [1.165, 1.54) is 5.56 Å². The molecule has 24 heavy (non-hydrogen) atoms. The second kappa shape index (κ2) is 10.9. The standard InChI is InChI=1S/C17H28NO4PS/c1-14(24-3)15-8-10-16(11-9-15)17(19)18-12-6-4-5-7-13-22-23(2,20)21/h8-11,14H,4-7,12-13H2,1-3H3,(H,18,19)(H,20,21)/p-1. The molecule has 7 heteroatoms. The van der Waals surface area contributed by atoms with Gasteiger partial charge in [0.25, 0.3) is 5.91 Å². The van der Waals surface area contributed by atoms with Crippen molar-refractivity contribution in [3.63, 3.8) is 0 Å². The quantitative estimate of drug-likeness (QED) is 0.474. The van der Waals surface area contributed by atoms with Crippen LogP contribution in [-0.4, -0.2) is 32.0 Å². The molecule has 0 heterocycles. The monoisotopic (exact) mass is 372 g/mol. The molecule has 0 saturated carbocycles. The third-order valence-corrected chi connectivity index (χ3v) is 5.31. The van der Waals surface area contributed by atoms with Gasteiger partial charge in [0.15, 0.2) is 0 Å². The topological polar surface area (TPSA) is 78.5 Å². The van der Waals surface area contributed by atoms with E-state index in [-0.39, 0.29) is 12.5 Å². The van der Waals surface area contributed by atoms with E-state index in [4.69, 9.17) is 4.52 Å². The first kappa shape index (κ1) is 21.2. The van der Waals surface area contributed by atoms with Crippen LogP contribution >= 0.6 is 19.4 Å². The number of benzene rings is 1. The molecule has 0 aliphatic rings. The van der Waals surface area contributed by atoms with Gasteiger partial charge in [-0.2, -0.15) is 11.8 Å². The summed E-state index contributed by atoms with van der Waals surface area (Å²) >= 11 is 1.78. The van der Waals surface area contributed by atoms with Crippen molar-refractivity contribution < 1.29 is 18.8 Å². The number of carbonyl (C=O) groups excluding carboxylic acids is 1. The summed E-state index contributed by atoms with van der Waals surface area (Å²) in [6.45, 7) is 4.08. The molecule has 0 aromatic heterocycles. The predicted molar refractivity (Wildman–Crippen MR) is 98.7 cm³/mol. The van der Waals surface area contributed by atoms with E-state index in [2.05, 4.69) is 18.5 Å². The van der Waals surface area contributed by atoms with Crippen molar-refractivity contribution in [2.45, 2.75) is 37.9 Å². The van der Waals surface area contributed by atoms with E-state index >= 15 is 0 Å². The normalized spacial score (nSPS) is 14.8. The number of amides is 1. The first-order chi connectivity index (χ1) is 11.3. The highest BCUT2D eigenvalue weighted by Crippen LogP contribution is 2.31. The Morgan fingerprint density at radius 1 is 1.25 bits per heavy atom. The van der Waals surface area contributed by atoms with Gasteiger partial charge in [-0.25, -0.2) is 0 Å². The summed E-state index contributed by atoms with van der Waals surface area (Å²) in [7, 11) is -3.59. The molecule has 136 valence electrons. The Balaban J connectivity index is 2.17. The molecule has 1 aromatic carbocycles. The molecule has 2 unspecified atom stereocenters. The smallest absolute Gasteiger partial charge is 0.251 e. The van der Waals surface area contributed by atoms with Gasteiger partial charge in [-0.05, 0) is 43.7 Å². The van der Waals surface area contributed by atoms with Crippen molar-refractivity contribution >= 4 is 25.3 Å². The number of nitrogens with one attached hydrogen (secondary N) is 1. The van der Waals surface area contributed by atoms with Crippen LogP contribution in [0.5, 0.6) is 0 Å². The minimum atomic E-state index is -3.59. The van der Waals surface area contributed by atoms with Crippen LogP contribution in [0.2, 0.25) is 0 Å². The van der Waals surface area contributed by atoms with Crippen LogP contribution in [0.3, 0.4) is 0 Å². The second-order valence-electron chi connectivity index (χ2n) is 5.77. The van der Waals surface area contributed by atoms with Crippen LogP contribution in [0.15, 0.2) is 24.3 Å². The molecular weight excluding hydrogens is 345 g/mol. The van der Waals surface area contributed by atoms with Gasteiger partial charge >= 0.3 is 0 Å². The first-order valence-electron chi connectivity index (χ1n) is 8.17. The maximum absolute atomic E-state index is 12.0. The number of carbonyl (C=O) groups is 1. The van der Waals surface area contributed by atoms with Gasteiger partial charge in [0.2, 0.25) is 0 Å². The Labute approximate surface area is 149 Å². The maximum Gasteiger partial charge on any atom is 0.251 e. The molecule has 0 aliphatic heterocycles. The van der Waals surface area contributed by atoms with E-state index in [1.54, 1.807) is 11.8 Å². The molecule has 1 amide bonds. The van der Waals surface area contributed by atoms with Gasteiger partial charge < -0.3 is 19.3 Å². The van der Waals surface area contributed by atoms with Gasteiger partial charge in [0, 0.05) is 24.0 Å². The van der Waals surface area contributed by atoms with Crippen molar-refractivity contribution in [1.82, 2.24) is 5.32 Å². The van der Waals surface area contributed by atoms with Crippen LogP contribution in [0.4, 0.5) is 0 Å². The van der Waals surface area contributed by atoms with Gasteiger partial charge in [0.1, 0.15) is 7.60 Å². The Bertz CT molecular complexity index is 544. The molecule has 0 fully saturated rings. The number of thioether (sulfide) groups is 1. The van der Waals surface area contributed by atoms with Crippen molar-refractivity contribution in [2.75, 3.05) is 26.1 Å². The van der Waals surface area contributed by atoms with E-state index < -0.39 is 7.60 Å². The van der Waals surface area contributed by atoms with Crippen LogP contribution in [0.1, 0.15) is 53.8 Å². The fourth-order valence-electron chi connectivity index (χ4n) is 2.16. The van der Waals surface area contributed by atoms with Crippen molar-refractivity contribution in [2.24, 2.45) is 0 Å². The molecule has 0 radical (unpaired) electrons. The summed E-state index contributed by atoms with van der Waals surface area (Å²) in [6, 6.07) is 7.72. The van der Waals surface area contributed by atoms with E-state index in [1.807, 2.05) is 24.3 Å². The van der Waals surface area contributed by atoms with E-state index in [9.17, 15) is 14.3 Å². The maximum atomic E-state index is 12.0. The lowest BCUT2D eigenvalue weighted by atomic mass is 10.1. The Morgan fingerprint density at radius 3 is 2.46 bits per heavy atom. The lowest BCUT2D eigenvalue weighted by Gasteiger charge is -2.17. The van der Waals surface area contributed by atoms with E-state index in [0.29, 0.717) is 23.8 Å². The van der Waals surface area contributed by atoms with E-state index in [0.717, 1.165) is 25.9 Å². The Kier molecular flexibility index (Phi) is 9.67. The highest BCUT2D eigenvalue weighted by molar-refractivity contribution is 7.98. The van der Waals surface area contributed by atoms with Crippen molar-refractivity contribution in [3.05, 3.63) is 35.4 Å². The predicted octanol–water partition coefficient (Wildman–Crippen LogP) is 3.60. The number of unbranched alkanes of at least 4 members (excludes halogenated alkanes) is 3. The summed E-state index contributed by atoms with van der Waals surface area (Å²) < 4.78 is 15.5. The Hall–Kier alpha value is -0.810. The molecule has 2 atom stereocenters. The van der Waals surface area contributed by atoms with Gasteiger partial charge in [-0.3, -0.25) is 4.79 Å². The van der Waals surface area contributed by atoms with Crippen LogP contribution in [0, 0.1) is 0 Å². The lowest BCUT2D eigenvalue weighted by molar-refractivity contribution is -0.196. The third kappa shape index (κ3) is 8.88. The molecule has 0 saturated heterocycles. The average Bonchev–Trinajstić information content (AvgIpc) is 2.55. The molecule has 1 rings (SSSR count). The Morgan fingerprint density at radius 2 is 1.88 bits per heavy atom. The summed E-state index contributed by atoms with van der Waals surface area (Å²) in [5.41, 5.74) is 1.89. The summed E-state index contributed by atoms with van der Waals surface area (Å²) in [5, 5.41) is 3.33. The number of hydrogen-bond acceptors (Lipinski definition) is 5. The van der Waals surface area contributed by atoms with Crippen molar-refractivity contribution in [3.8, 4) is 0 Å². The summed E-state index contributed by atoms with van der Waals surface area (Å²) in [6.07, 6.45) is 5.47. The molecule has 5 nitrogen and oxygen atoms in total. The second-order valence-corrected chi connectivity index (χ2v) is 8.75. The fraction of sp³-hybridized carbons (Fsp3) is 0.588. The molecule has 1 aromatic rings. The largest absolute Gasteiger partial charge is 0.779 e. The minimum Gasteiger partial charge on any atom is -0.779 e. The lowest BCUT2D eigenvalue weighted by Crippen LogP contribution is -2.24. The highest BCUT2D eigenvalue weighted by Gasteiger charge is 2.07. The van der Waals surface area contributed by atoms with Gasteiger partial charge in [-0.1, -0.05) is 25.0 Å². The zero-order valence-electron chi connectivity index (χ0n) is 14.6. The zero-order chi connectivity index (χ0) is 18.0. The van der Waals surface area contributed by atoms with Crippen LogP contribution in [-0.2, 0) is 9.09 Å². The summed E-state index contributed by atoms with van der Waals surface area (Å²) in [4.78, 5) is 22.8. The van der Waals surface area contributed by atoms with Gasteiger partial charge in [0.05, 0.1) is 6.61 Å². The molecular formula is C17H27NO4PS-. The highest BCUT2D eigenvalue weighted by atomic mass is 32.2. The fourth-order valence-corrected chi connectivity index (χ4v) is 3.05. The number of hydrogen-bond donors (Lipinski definition) is 1. The minimum absolute atomic E-state index is 0.0556. The first-order valence-corrected chi connectivity index (χ1v) is 11.5. The van der Waals surface area contributed by atoms with Crippen LogP contribution in [0.25, 0.3) is 0 Å². The molecule has 1 N–H and O–H groups in total. The summed E-state index contributed by atoms with van der Waals surface area (Å²) in [5.74, 6) is -0.0556. The number of rotatable bonds is 11. The molecule has 0 bridgehead atoms. The van der Waals surface area contributed by atoms with Gasteiger partial charge in [-0.15, -0.1) is 0 Å². The van der Waals surface area contributed by atoms with Crippen molar-refractivity contribution in [1.29, 1.82) is 0 Å².